The number of benzene rings is 1. The van der Waals surface area contributed by atoms with Crippen molar-refractivity contribution in [2.75, 3.05) is 18.4 Å². The molecule has 0 bridgehead atoms. The van der Waals surface area contributed by atoms with Gasteiger partial charge in [0.25, 0.3) is 5.91 Å². The number of nitrogens with one attached hydrogen (secondary N) is 3. The number of piperidine rings is 1. The highest BCUT2D eigenvalue weighted by Crippen LogP contribution is 2.43. The quantitative estimate of drug-likeness (QED) is 0.604. The lowest BCUT2D eigenvalue weighted by Gasteiger charge is -2.42. The number of hydrogen-bond acceptors (Lipinski definition) is 6. The first-order chi connectivity index (χ1) is 16.2. The number of hydrogen-bond donors (Lipinski definition) is 3. The van der Waals surface area contributed by atoms with Gasteiger partial charge >= 0.3 is 6.18 Å². The summed E-state index contributed by atoms with van der Waals surface area (Å²) in [5.74, 6) is -1.08. The predicted molar refractivity (Wildman–Crippen MR) is 116 cm³/mol. The van der Waals surface area contributed by atoms with Crippen LogP contribution in [0.5, 0.6) is 0 Å². The van der Waals surface area contributed by atoms with Crippen molar-refractivity contribution in [3.63, 3.8) is 0 Å². The van der Waals surface area contributed by atoms with E-state index in [0.29, 0.717) is 24.2 Å². The lowest BCUT2D eigenvalue weighted by molar-refractivity contribution is -0.141. The number of halogens is 3. The van der Waals surface area contributed by atoms with Crippen molar-refractivity contribution in [3.05, 3.63) is 29.3 Å². The molecular weight excluding hydrogens is 449 g/mol. The second kappa shape index (κ2) is 8.43. The van der Waals surface area contributed by atoms with E-state index < -0.39 is 24.8 Å². The van der Waals surface area contributed by atoms with Crippen LogP contribution in [0.25, 0.3) is 0 Å². The van der Waals surface area contributed by atoms with Crippen LogP contribution in [0.2, 0.25) is 0 Å². The highest BCUT2D eigenvalue weighted by Gasteiger charge is 2.55. The summed E-state index contributed by atoms with van der Waals surface area (Å²) in [5.41, 5.74) is 4.58. The van der Waals surface area contributed by atoms with Crippen molar-refractivity contribution in [2.24, 2.45) is 5.92 Å². The molecule has 3 aliphatic heterocycles. The van der Waals surface area contributed by atoms with Gasteiger partial charge in [0.2, 0.25) is 5.91 Å². The summed E-state index contributed by atoms with van der Waals surface area (Å²) in [5, 5.41) is 17.9. The standard InChI is InChI=1S/C23H27F3N6O2/c24-23(25,26)13-31-12-14-11-15(3-4-16(14)21(31)34)29-19-18-17(5-10-28-20(18)33)32(30-19)22(8-9-27)6-1-2-7-22/h3-4,11,17-19,29-30H,1-2,5-8,10,12-13H2,(H,28,33). The number of alkyl halides is 3. The minimum absolute atomic E-state index is 0.0593. The van der Waals surface area contributed by atoms with Crippen LogP contribution in [0.4, 0.5) is 18.9 Å². The van der Waals surface area contributed by atoms with Gasteiger partial charge in [0.15, 0.2) is 0 Å². The van der Waals surface area contributed by atoms with E-state index >= 15 is 0 Å². The Bertz CT molecular complexity index is 1030. The summed E-state index contributed by atoms with van der Waals surface area (Å²) in [6.07, 6.45) is 0.0982. The average molecular weight is 477 g/mol. The van der Waals surface area contributed by atoms with Gasteiger partial charge in [0.1, 0.15) is 12.7 Å². The fourth-order valence-electron chi connectivity index (χ4n) is 6.09. The fraction of sp³-hybridized carbons (Fsp3) is 0.609. The third kappa shape index (κ3) is 3.99. The first kappa shape index (κ1) is 22.9. The third-order valence-electron chi connectivity index (χ3n) is 7.56. The summed E-state index contributed by atoms with van der Waals surface area (Å²) in [6, 6.07) is 7.16. The Balaban J connectivity index is 1.38. The van der Waals surface area contributed by atoms with Crippen molar-refractivity contribution in [3.8, 4) is 6.07 Å². The highest BCUT2D eigenvalue weighted by molar-refractivity contribution is 5.98. The maximum Gasteiger partial charge on any atom is 0.406 e. The van der Waals surface area contributed by atoms with E-state index in [0.717, 1.165) is 37.0 Å². The number of amides is 2. The van der Waals surface area contributed by atoms with Crippen molar-refractivity contribution in [1.82, 2.24) is 20.7 Å². The monoisotopic (exact) mass is 476 g/mol. The second-order valence-corrected chi connectivity index (χ2v) is 9.71. The van der Waals surface area contributed by atoms with Crippen LogP contribution in [0.15, 0.2) is 18.2 Å². The van der Waals surface area contributed by atoms with Gasteiger partial charge in [0, 0.05) is 35.9 Å². The molecule has 5 rings (SSSR count). The second-order valence-electron chi connectivity index (χ2n) is 9.71. The highest BCUT2D eigenvalue weighted by atomic mass is 19.4. The van der Waals surface area contributed by atoms with Crippen LogP contribution in [0.1, 0.15) is 54.4 Å². The number of nitriles is 1. The van der Waals surface area contributed by atoms with E-state index in [-0.39, 0.29) is 35.5 Å². The number of fused-ring (bicyclic) bond motifs is 2. The van der Waals surface area contributed by atoms with Gasteiger partial charge in [-0.25, -0.2) is 10.4 Å². The molecule has 0 radical (unpaired) electrons. The molecule has 2 saturated heterocycles. The first-order valence-corrected chi connectivity index (χ1v) is 11.7. The topological polar surface area (TPSA) is 100 Å². The molecule has 4 aliphatic rings. The zero-order valence-corrected chi connectivity index (χ0v) is 18.6. The van der Waals surface area contributed by atoms with E-state index in [1.165, 1.54) is 6.07 Å². The smallest absolute Gasteiger partial charge is 0.368 e. The lowest BCUT2D eigenvalue weighted by atomic mass is 9.86. The maximum absolute atomic E-state index is 12.9. The Labute approximate surface area is 195 Å². The first-order valence-electron chi connectivity index (χ1n) is 11.7. The van der Waals surface area contributed by atoms with Crippen LogP contribution < -0.4 is 16.1 Å². The van der Waals surface area contributed by atoms with Gasteiger partial charge in [-0.2, -0.15) is 18.4 Å². The normalized spacial score (nSPS) is 28.4. The zero-order chi connectivity index (χ0) is 24.1. The van der Waals surface area contributed by atoms with E-state index in [9.17, 15) is 28.0 Å². The predicted octanol–water partition coefficient (Wildman–Crippen LogP) is 2.49. The Hall–Kier alpha value is -2.84. The van der Waals surface area contributed by atoms with Gasteiger partial charge in [0.05, 0.1) is 18.4 Å². The van der Waals surface area contributed by atoms with Crippen molar-refractivity contribution in [2.45, 2.75) is 69.0 Å². The zero-order valence-electron chi connectivity index (χ0n) is 18.6. The van der Waals surface area contributed by atoms with E-state index in [2.05, 4.69) is 27.1 Å². The van der Waals surface area contributed by atoms with E-state index in [4.69, 9.17) is 0 Å². The minimum atomic E-state index is -4.46. The summed E-state index contributed by atoms with van der Waals surface area (Å²) < 4.78 is 38.5. The molecule has 1 aromatic rings. The van der Waals surface area contributed by atoms with Crippen molar-refractivity contribution >= 4 is 17.5 Å². The van der Waals surface area contributed by atoms with Crippen LogP contribution in [-0.4, -0.2) is 58.7 Å². The molecule has 3 fully saturated rings. The Kier molecular flexibility index (Phi) is 5.68. The third-order valence-corrected chi connectivity index (χ3v) is 7.56. The van der Waals surface area contributed by atoms with Crippen LogP contribution in [-0.2, 0) is 11.3 Å². The molecule has 8 nitrogen and oxygen atoms in total. The summed E-state index contributed by atoms with van der Waals surface area (Å²) in [7, 11) is 0. The largest absolute Gasteiger partial charge is 0.406 e. The van der Waals surface area contributed by atoms with Crippen LogP contribution >= 0.6 is 0 Å². The molecule has 1 aromatic carbocycles. The number of rotatable bonds is 5. The number of anilines is 1. The van der Waals surface area contributed by atoms with Crippen molar-refractivity contribution in [1.29, 1.82) is 5.26 Å². The van der Waals surface area contributed by atoms with Crippen LogP contribution in [0.3, 0.4) is 0 Å². The molecule has 3 N–H and O–H groups in total. The lowest BCUT2D eigenvalue weighted by Crippen LogP contribution is -2.57. The minimum Gasteiger partial charge on any atom is -0.368 e. The molecule has 0 spiro atoms. The van der Waals surface area contributed by atoms with Gasteiger partial charge < -0.3 is 15.5 Å². The summed E-state index contributed by atoms with van der Waals surface area (Å²) >= 11 is 0. The van der Waals surface area contributed by atoms with Crippen molar-refractivity contribution < 1.29 is 22.8 Å². The Morgan fingerprint density at radius 1 is 1.24 bits per heavy atom. The molecule has 34 heavy (non-hydrogen) atoms. The summed E-state index contributed by atoms with van der Waals surface area (Å²) in [6.45, 7) is -0.817. The molecule has 2 amide bonds. The van der Waals surface area contributed by atoms with Gasteiger partial charge in [-0.05, 0) is 43.0 Å². The molecular formula is C23H27F3N6O2. The molecule has 0 aromatic heterocycles. The molecule has 3 heterocycles. The Morgan fingerprint density at radius 2 is 2.00 bits per heavy atom. The molecule has 11 heteroatoms. The van der Waals surface area contributed by atoms with E-state index in [1.54, 1.807) is 12.1 Å². The number of nitrogens with zero attached hydrogens (tertiary/aromatic N) is 3. The number of hydrazine groups is 1. The average Bonchev–Trinajstić information content (AvgIpc) is 3.46. The number of carbonyl (C=O) groups is 2. The Morgan fingerprint density at radius 3 is 2.71 bits per heavy atom. The van der Waals surface area contributed by atoms with Gasteiger partial charge in [-0.3, -0.25) is 9.59 Å². The van der Waals surface area contributed by atoms with Gasteiger partial charge in [-0.15, -0.1) is 0 Å². The van der Waals surface area contributed by atoms with Crippen LogP contribution in [0, 0.1) is 17.2 Å². The van der Waals surface area contributed by atoms with Gasteiger partial charge in [-0.1, -0.05) is 12.8 Å². The molecule has 1 aliphatic carbocycles. The number of carbonyl (C=O) groups excluding carboxylic acids is 2. The summed E-state index contributed by atoms with van der Waals surface area (Å²) in [4.78, 5) is 26.0. The molecule has 1 saturated carbocycles. The molecule has 182 valence electrons. The molecule has 3 atom stereocenters. The molecule has 3 unspecified atom stereocenters. The SMILES string of the molecule is N#CCC1(N2NC(Nc3ccc4c(c3)CN(CC(F)(F)F)C4=O)C3C(=O)NCCC32)CCCC1. The fourth-order valence-corrected chi connectivity index (χ4v) is 6.09. The maximum atomic E-state index is 12.9. The van der Waals surface area contributed by atoms with E-state index in [1.807, 2.05) is 0 Å².